The number of ether oxygens (including phenoxy) is 1. The Morgan fingerprint density at radius 2 is 2.14 bits per heavy atom. The highest BCUT2D eigenvalue weighted by Crippen LogP contribution is 2.22. The lowest BCUT2D eigenvalue weighted by atomic mass is 10.3. The van der Waals surface area contributed by atoms with Crippen molar-refractivity contribution in [3.63, 3.8) is 0 Å². The van der Waals surface area contributed by atoms with Gasteiger partial charge in [-0.1, -0.05) is 23.7 Å². The molecule has 1 saturated heterocycles. The van der Waals surface area contributed by atoms with Gasteiger partial charge in [0.2, 0.25) is 5.91 Å². The molecule has 1 aliphatic rings. The number of carbonyl (C=O) groups is 1. The lowest BCUT2D eigenvalue weighted by Crippen LogP contribution is -2.44. The van der Waals surface area contributed by atoms with Crippen molar-refractivity contribution < 1.29 is 17.9 Å². The van der Waals surface area contributed by atoms with Gasteiger partial charge in [0.1, 0.15) is 0 Å². The molecule has 116 valence electrons. The van der Waals surface area contributed by atoms with Gasteiger partial charge in [0.15, 0.2) is 9.84 Å². The molecule has 1 heterocycles. The van der Waals surface area contributed by atoms with Crippen molar-refractivity contribution in [1.82, 2.24) is 4.90 Å². The molecule has 7 heteroatoms. The second kappa shape index (κ2) is 6.77. The highest BCUT2D eigenvalue weighted by molar-refractivity contribution is 7.91. The molecule has 21 heavy (non-hydrogen) atoms. The van der Waals surface area contributed by atoms with Crippen molar-refractivity contribution in [1.29, 1.82) is 0 Å². The van der Waals surface area contributed by atoms with Crippen molar-refractivity contribution in [3.8, 4) is 0 Å². The molecule has 2 rings (SSSR count). The van der Waals surface area contributed by atoms with Crippen LogP contribution in [0.15, 0.2) is 29.2 Å². The monoisotopic (exact) mass is 331 g/mol. The summed E-state index contributed by atoms with van der Waals surface area (Å²) in [4.78, 5) is 13.8. The molecule has 0 bridgehead atoms. The van der Waals surface area contributed by atoms with Crippen molar-refractivity contribution in [2.75, 3.05) is 25.4 Å². The first-order valence-corrected chi connectivity index (χ1v) is 8.80. The fourth-order valence-electron chi connectivity index (χ4n) is 2.23. The summed E-state index contributed by atoms with van der Waals surface area (Å²) >= 11 is 5.90. The first-order valence-electron chi connectivity index (χ1n) is 6.77. The van der Waals surface area contributed by atoms with Gasteiger partial charge in [-0.15, -0.1) is 0 Å². The third kappa shape index (κ3) is 4.18. The van der Waals surface area contributed by atoms with Crippen LogP contribution in [0.5, 0.6) is 0 Å². The fraction of sp³-hybridized carbons (Fsp3) is 0.500. The van der Waals surface area contributed by atoms with E-state index in [0.29, 0.717) is 19.7 Å². The number of hydrogen-bond donors (Lipinski definition) is 0. The minimum atomic E-state index is -3.55. The molecule has 0 radical (unpaired) electrons. The third-order valence-electron chi connectivity index (χ3n) is 3.35. The van der Waals surface area contributed by atoms with Gasteiger partial charge in [0, 0.05) is 19.5 Å². The zero-order valence-corrected chi connectivity index (χ0v) is 13.4. The van der Waals surface area contributed by atoms with Gasteiger partial charge in [-0.3, -0.25) is 4.79 Å². The summed E-state index contributed by atoms with van der Waals surface area (Å²) in [6.45, 7) is 3.39. The van der Waals surface area contributed by atoms with Crippen LogP contribution in [-0.2, 0) is 19.4 Å². The number of nitrogens with zero attached hydrogens (tertiary/aromatic N) is 1. The largest absolute Gasteiger partial charge is 0.375 e. The zero-order valence-electron chi connectivity index (χ0n) is 11.8. The van der Waals surface area contributed by atoms with Gasteiger partial charge in [-0.25, -0.2) is 8.42 Å². The van der Waals surface area contributed by atoms with Crippen LogP contribution >= 0.6 is 11.6 Å². The maximum atomic E-state index is 12.2. The minimum absolute atomic E-state index is 0.0112. The Balaban J connectivity index is 1.99. The van der Waals surface area contributed by atoms with Crippen LogP contribution < -0.4 is 0 Å². The highest BCUT2D eigenvalue weighted by Gasteiger charge is 2.24. The molecule has 1 aromatic rings. The molecular formula is C14H18ClNO4S. The predicted molar refractivity (Wildman–Crippen MR) is 80.1 cm³/mol. The maximum absolute atomic E-state index is 12.2. The summed E-state index contributed by atoms with van der Waals surface area (Å²) in [6, 6.07) is 6.27. The smallest absolute Gasteiger partial charge is 0.223 e. The van der Waals surface area contributed by atoms with E-state index in [1.54, 1.807) is 17.0 Å². The van der Waals surface area contributed by atoms with E-state index in [0.717, 1.165) is 0 Å². The van der Waals surface area contributed by atoms with Crippen LogP contribution in [0.3, 0.4) is 0 Å². The summed E-state index contributed by atoms with van der Waals surface area (Å²) in [7, 11) is -3.55. The van der Waals surface area contributed by atoms with Gasteiger partial charge >= 0.3 is 0 Å². The van der Waals surface area contributed by atoms with Gasteiger partial charge in [0.25, 0.3) is 0 Å². The third-order valence-corrected chi connectivity index (χ3v) is 5.56. The van der Waals surface area contributed by atoms with Crippen LogP contribution in [0.4, 0.5) is 0 Å². The van der Waals surface area contributed by atoms with E-state index in [1.807, 2.05) is 6.92 Å². The van der Waals surface area contributed by atoms with Crippen LogP contribution in [-0.4, -0.2) is 50.8 Å². The molecule has 0 aromatic heterocycles. The SMILES string of the molecule is CC1CN(C(=O)CCS(=O)(=O)c2ccccc2Cl)CCO1. The topological polar surface area (TPSA) is 63.7 Å². The summed E-state index contributed by atoms with van der Waals surface area (Å²) in [5, 5.41) is 0.185. The number of halogens is 1. The Kier molecular flexibility index (Phi) is 5.24. The number of morpholine rings is 1. The molecule has 1 unspecified atom stereocenters. The standard InChI is InChI=1S/C14H18ClNO4S/c1-11-10-16(7-8-20-11)14(17)6-9-21(18,19)13-5-3-2-4-12(13)15/h2-5,11H,6-10H2,1H3. The van der Waals surface area contributed by atoms with Crippen LogP contribution in [0.1, 0.15) is 13.3 Å². The van der Waals surface area contributed by atoms with Gasteiger partial charge in [-0.05, 0) is 19.1 Å². The Morgan fingerprint density at radius 1 is 1.43 bits per heavy atom. The average Bonchev–Trinajstić information content (AvgIpc) is 2.45. The molecule has 0 spiro atoms. The van der Waals surface area contributed by atoms with Gasteiger partial charge < -0.3 is 9.64 Å². The molecule has 1 aliphatic heterocycles. The molecule has 5 nitrogen and oxygen atoms in total. The number of rotatable bonds is 4. The number of sulfone groups is 1. The van der Waals surface area contributed by atoms with Crippen molar-refractivity contribution in [2.24, 2.45) is 0 Å². The van der Waals surface area contributed by atoms with E-state index >= 15 is 0 Å². The maximum Gasteiger partial charge on any atom is 0.223 e. The van der Waals surface area contributed by atoms with Crippen molar-refractivity contribution in [3.05, 3.63) is 29.3 Å². The Morgan fingerprint density at radius 3 is 2.81 bits per heavy atom. The van der Waals surface area contributed by atoms with E-state index in [9.17, 15) is 13.2 Å². The van der Waals surface area contributed by atoms with Gasteiger partial charge in [0.05, 0.1) is 28.4 Å². The lowest BCUT2D eigenvalue weighted by Gasteiger charge is -2.31. The van der Waals surface area contributed by atoms with E-state index in [2.05, 4.69) is 0 Å². The van der Waals surface area contributed by atoms with Crippen molar-refractivity contribution >= 4 is 27.3 Å². The normalized spacial score (nSPS) is 19.5. The first kappa shape index (κ1) is 16.3. The molecule has 1 fully saturated rings. The lowest BCUT2D eigenvalue weighted by molar-refractivity contribution is -0.137. The van der Waals surface area contributed by atoms with Crippen molar-refractivity contribution in [2.45, 2.75) is 24.3 Å². The quantitative estimate of drug-likeness (QED) is 0.843. The number of benzene rings is 1. The molecule has 1 aromatic carbocycles. The Hall–Kier alpha value is -1.11. The van der Waals surface area contributed by atoms with Crippen LogP contribution in [0, 0.1) is 0 Å². The second-order valence-corrected chi connectivity index (χ2v) is 7.51. The van der Waals surface area contributed by atoms with Gasteiger partial charge in [-0.2, -0.15) is 0 Å². The first-order chi connectivity index (χ1) is 9.90. The predicted octanol–water partition coefficient (Wildman–Crippen LogP) is 1.75. The summed E-state index contributed by atoms with van der Waals surface area (Å²) < 4.78 is 29.8. The molecule has 0 saturated carbocycles. The summed E-state index contributed by atoms with van der Waals surface area (Å²) in [5.74, 6) is -0.401. The number of amides is 1. The van der Waals surface area contributed by atoms with E-state index in [1.165, 1.54) is 12.1 Å². The molecule has 0 N–H and O–H groups in total. The number of hydrogen-bond acceptors (Lipinski definition) is 4. The van der Waals surface area contributed by atoms with E-state index < -0.39 is 9.84 Å². The highest BCUT2D eigenvalue weighted by atomic mass is 35.5. The Labute approximate surface area is 129 Å². The van der Waals surface area contributed by atoms with E-state index in [-0.39, 0.29) is 34.1 Å². The van der Waals surface area contributed by atoms with Crippen LogP contribution in [0.25, 0.3) is 0 Å². The molecular weight excluding hydrogens is 314 g/mol. The molecule has 0 aliphatic carbocycles. The molecule has 1 atom stereocenters. The average molecular weight is 332 g/mol. The van der Waals surface area contributed by atoms with E-state index in [4.69, 9.17) is 16.3 Å². The number of carbonyl (C=O) groups excluding carboxylic acids is 1. The molecule has 1 amide bonds. The Bertz CT molecular complexity index is 617. The second-order valence-electron chi connectivity index (χ2n) is 5.02. The zero-order chi connectivity index (χ0) is 15.5. The summed E-state index contributed by atoms with van der Waals surface area (Å²) in [5.41, 5.74) is 0. The minimum Gasteiger partial charge on any atom is -0.375 e. The van der Waals surface area contributed by atoms with Crippen LogP contribution in [0.2, 0.25) is 5.02 Å². The fourth-order valence-corrected chi connectivity index (χ4v) is 4.03. The summed E-state index contributed by atoms with van der Waals surface area (Å²) in [6.07, 6.45) is -0.0526.